The largest absolute Gasteiger partial charge is 0.488 e. The van der Waals surface area contributed by atoms with Crippen molar-refractivity contribution in [2.45, 2.75) is 173 Å². The molecule has 6 rings (SSSR count). The van der Waals surface area contributed by atoms with Gasteiger partial charge in [0.1, 0.15) is 35.9 Å². The molecule has 1 aromatic heterocycles. The number of amides is 1. The van der Waals surface area contributed by atoms with Gasteiger partial charge in [0.2, 0.25) is 5.79 Å². The van der Waals surface area contributed by atoms with E-state index in [1.165, 1.54) is 19.1 Å². The maximum absolute atomic E-state index is 14.5. The highest BCUT2D eigenvalue weighted by atomic mass is 16.7. The van der Waals surface area contributed by atoms with Crippen LogP contribution in [0.4, 0.5) is 0 Å². The molecule has 14 heteroatoms. The summed E-state index contributed by atoms with van der Waals surface area (Å²) >= 11 is 0. The molecule has 3 fully saturated rings. The minimum Gasteiger partial charge on any atom is -0.488 e. The molecule has 67 heavy (non-hydrogen) atoms. The third kappa shape index (κ3) is 12.0. The van der Waals surface area contributed by atoms with Crippen molar-refractivity contribution in [3.05, 3.63) is 66.4 Å². The van der Waals surface area contributed by atoms with Gasteiger partial charge in [-0.25, -0.2) is 4.79 Å². The summed E-state index contributed by atoms with van der Waals surface area (Å²) in [5.74, 6) is -7.33. The molecule has 14 nitrogen and oxygen atoms in total. The number of piperidine rings is 1. The van der Waals surface area contributed by atoms with E-state index >= 15 is 0 Å². The zero-order valence-corrected chi connectivity index (χ0v) is 40.9. The molecule has 1 amide bonds. The molecule has 0 spiro atoms. The van der Waals surface area contributed by atoms with Crippen molar-refractivity contribution in [3.8, 4) is 5.75 Å². The van der Waals surface area contributed by atoms with E-state index in [1.807, 2.05) is 63.4 Å². The van der Waals surface area contributed by atoms with Gasteiger partial charge in [-0.2, -0.15) is 0 Å². The summed E-state index contributed by atoms with van der Waals surface area (Å²) in [5.41, 5.74) is 2.68. The van der Waals surface area contributed by atoms with Crippen LogP contribution in [0.5, 0.6) is 5.75 Å². The first kappa shape index (κ1) is 52.2. The number of carbonyl (C=O) groups excluding carboxylic acids is 4. The number of aryl methyl sites for hydroxylation is 1. The van der Waals surface area contributed by atoms with Crippen molar-refractivity contribution in [2.24, 2.45) is 29.6 Å². The Labute approximate surface area is 396 Å². The molecule has 1 aliphatic carbocycles. The van der Waals surface area contributed by atoms with Crippen LogP contribution >= 0.6 is 0 Å². The van der Waals surface area contributed by atoms with Crippen LogP contribution in [-0.4, -0.2) is 124 Å². The fourth-order valence-corrected chi connectivity index (χ4v) is 11.0. The summed E-state index contributed by atoms with van der Waals surface area (Å²) in [5, 5.41) is 36.5. The number of methoxy groups -OCH3 is 2. The number of fused-ring (bicyclic) bond motifs is 4. The smallest absolute Gasteiger partial charge is 0.329 e. The number of Topliss-reactive ketones (excluding diaryl/α,β-unsaturated/α-hetero) is 2. The zero-order chi connectivity index (χ0) is 48.7. The predicted molar refractivity (Wildman–Crippen MR) is 254 cm³/mol. The van der Waals surface area contributed by atoms with Gasteiger partial charge in [0.05, 0.1) is 24.4 Å². The van der Waals surface area contributed by atoms with Crippen LogP contribution in [0.15, 0.2) is 66.4 Å². The summed E-state index contributed by atoms with van der Waals surface area (Å²) in [6.45, 7) is 16.1. The van der Waals surface area contributed by atoms with Crippen molar-refractivity contribution in [1.29, 1.82) is 0 Å². The van der Waals surface area contributed by atoms with Gasteiger partial charge in [0, 0.05) is 68.6 Å². The van der Waals surface area contributed by atoms with Crippen molar-refractivity contribution in [3.63, 3.8) is 0 Å². The number of ether oxygens (including phenoxy) is 5. The minimum absolute atomic E-state index is 0.00264. The standard InChI is InChI=1S/C53H76N2O12/c1-10-14-38-24-31(3)23-32(4)25-46(63-8)49-47(64-9)27-34(6)53(62,67-49)50(59)51(60)55-21-13-12-15-41(55)52(61)66-48(35(7)42(56)30-43(38)57)33(5)26-36-16-19-45(44(58)28-36)65-39-17-18-40-37(29-39)20-22-54(40)11-2/h10,17-18,20,22,24,26,29,32,34-36,38,41-42,44-49,56,58,62H,1,11-16,19,21,23,25,27-28,30H2,2-9H3. The molecule has 1 saturated carbocycles. The third-order valence-corrected chi connectivity index (χ3v) is 14.9. The lowest BCUT2D eigenvalue weighted by Crippen LogP contribution is -2.64. The molecule has 3 N–H and O–H groups in total. The van der Waals surface area contributed by atoms with E-state index in [0.29, 0.717) is 62.7 Å². The Bertz CT molecular complexity index is 2130. The number of carbonyl (C=O) groups is 4. The number of aliphatic hydroxyl groups excluding tert-OH is 2. The topological polar surface area (TPSA) is 183 Å². The molecule has 4 aliphatic rings. The molecule has 0 radical (unpaired) electrons. The molecule has 2 aromatic rings. The average Bonchev–Trinajstić information content (AvgIpc) is 3.72. The number of aromatic nitrogens is 1. The van der Waals surface area contributed by atoms with E-state index in [4.69, 9.17) is 23.7 Å². The number of hydrogen-bond acceptors (Lipinski definition) is 12. The van der Waals surface area contributed by atoms with Gasteiger partial charge in [-0.05, 0) is 127 Å². The molecule has 4 heterocycles. The first-order valence-corrected chi connectivity index (χ1v) is 24.5. The second-order valence-electron chi connectivity index (χ2n) is 20.0. The van der Waals surface area contributed by atoms with Gasteiger partial charge in [-0.1, -0.05) is 44.6 Å². The van der Waals surface area contributed by atoms with E-state index in [0.717, 1.165) is 23.0 Å². The first-order valence-electron chi connectivity index (χ1n) is 24.5. The number of benzene rings is 1. The second kappa shape index (κ2) is 23.0. The van der Waals surface area contributed by atoms with Crippen LogP contribution in [0.3, 0.4) is 0 Å². The Hall–Kier alpha value is -4.18. The van der Waals surface area contributed by atoms with Crippen molar-refractivity contribution < 1.29 is 58.2 Å². The molecule has 14 atom stereocenters. The fourth-order valence-electron chi connectivity index (χ4n) is 11.0. The molecule has 370 valence electrons. The Morgan fingerprint density at radius 3 is 2.36 bits per heavy atom. The lowest BCUT2D eigenvalue weighted by Gasteiger charge is -2.47. The number of aliphatic hydroxyl groups is 3. The lowest BCUT2D eigenvalue weighted by molar-refractivity contribution is -0.302. The Kier molecular flexibility index (Phi) is 17.9. The quantitative estimate of drug-likeness (QED) is 0.133. The summed E-state index contributed by atoms with van der Waals surface area (Å²) in [4.78, 5) is 58.5. The minimum atomic E-state index is -2.53. The normalized spacial score (nSPS) is 35.9. The summed E-state index contributed by atoms with van der Waals surface area (Å²) in [7, 11) is 3.06. The van der Waals surface area contributed by atoms with Gasteiger partial charge in [0.25, 0.3) is 11.7 Å². The lowest BCUT2D eigenvalue weighted by atomic mass is 9.81. The first-order chi connectivity index (χ1) is 31.9. The Morgan fingerprint density at radius 1 is 0.940 bits per heavy atom. The third-order valence-electron chi connectivity index (χ3n) is 14.9. The summed E-state index contributed by atoms with van der Waals surface area (Å²) < 4.78 is 32.9. The number of rotatable bonds is 9. The van der Waals surface area contributed by atoms with Crippen LogP contribution in [0.25, 0.3) is 10.9 Å². The Balaban J connectivity index is 1.30. The van der Waals surface area contributed by atoms with Gasteiger partial charge in [-0.3, -0.25) is 14.4 Å². The number of esters is 1. The van der Waals surface area contributed by atoms with Crippen LogP contribution in [-0.2, 0) is 44.7 Å². The highest BCUT2D eigenvalue weighted by molar-refractivity contribution is 6.39. The van der Waals surface area contributed by atoms with Gasteiger partial charge >= 0.3 is 5.97 Å². The van der Waals surface area contributed by atoms with Crippen molar-refractivity contribution in [2.75, 3.05) is 20.8 Å². The molecule has 3 aliphatic heterocycles. The summed E-state index contributed by atoms with van der Waals surface area (Å²) in [6, 6.07) is 6.82. The van der Waals surface area contributed by atoms with E-state index < -0.39 is 90.0 Å². The van der Waals surface area contributed by atoms with Gasteiger partial charge in [0.15, 0.2) is 0 Å². The number of hydrogen-bond donors (Lipinski definition) is 3. The van der Waals surface area contributed by atoms with Gasteiger partial charge < -0.3 is 48.5 Å². The summed E-state index contributed by atoms with van der Waals surface area (Å²) in [6.07, 6.45) is 6.36. The highest BCUT2D eigenvalue weighted by Crippen LogP contribution is 2.40. The van der Waals surface area contributed by atoms with E-state index in [1.54, 1.807) is 19.9 Å². The van der Waals surface area contributed by atoms with Crippen molar-refractivity contribution >= 4 is 34.3 Å². The van der Waals surface area contributed by atoms with E-state index in [-0.39, 0.29) is 43.4 Å². The molecule has 14 unspecified atom stereocenters. The van der Waals surface area contributed by atoms with E-state index in [2.05, 4.69) is 18.1 Å². The van der Waals surface area contributed by atoms with Crippen LogP contribution in [0.1, 0.15) is 112 Å². The van der Waals surface area contributed by atoms with Crippen molar-refractivity contribution in [1.82, 2.24) is 9.47 Å². The number of nitrogens with zero attached hydrogens (tertiary/aromatic N) is 2. The zero-order valence-electron chi connectivity index (χ0n) is 40.9. The Morgan fingerprint density at radius 2 is 1.67 bits per heavy atom. The number of allylic oxidation sites excluding steroid dienone is 4. The SMILES string of the molecule is C=CCC1C=C(C)CC(C)CC(OC)C2OC(O)(C(=O)C(=O)N3CCCCC3C(=O)OC(C(C)=CC3CCC(Oc4ccc5c(ccn5CC)c4)C(O)C3)C(C)C(O)CC1=O)C(C)CC2OC. The second-order valence-corrected chi connectivity index (χ2v) is 20.0. The molecule has 2 saturated heterocycles. The number of cyclic esters (lactones) is 1. The maximum atomic E-state index is 14.5. The highest BCUT2D eigenvalue weighted by Gasteiger charge is 2.56. The average molecular weight is 933 g/mol. The van der Waals surface area contributed by atoms with Gasteiger partial charge in [-0.15, -0.1) is 6.58 Å². The molecular weight excluding hydrogens is 857 g/mol. The van der Waals surface area contributed by atoms with E-state index in [9.17, 15) is 34.5 Å². The monoisotopic (exact) mass is 933 g/mol. The molecular formula is C53H76N2O12. The van der Waals surface area contributed by atoms with Crippen LogP contribution in [0.2, 0.25) is 0 Å². The number of ketones is 2. The maximum Gasteiger partial charge on any atom is 0.329 e. The molecule has 1 aromatic carbocycles. The predicted octanol–water partition coefficient (Wildman–Crippen LogP) is 7.05. The molecule has 2 bridgehead atoms. The fraction of sp³-hybridized carbons (Fsp3) is 0.660. The van der Waals surface area contributed by atoms with Crippen LogP contribution < -0.4 is 4.74 Å². The van der Waals surface area contributed by atoms with Crippen LogP contribution in [0, 0.1) is 29.6 Å².